The van der Waals surface area contributed by atoms with Crippen LogP contribution in [0.15, 0.2) is 36.5 Å². The summed E-state index contributed by atoms with van der Waals surface area (Å²) in [5, 5.41) is 9.39. The Labute approximate surface area is 144 Å². The van der Waals surface area contributed by atoms with E-state index in [2.05, 4.69) is 4.98 Å². The number of carboxylic acids is 1. The molecule has 1 aromatic heterocycles. The second kappa shape index (κ2) is 6.80. The standard InChI is InChI=1S/C18H18N2O5/c1-11-6-7-16(19-8-11)20-13(9-24-12(2)21)10-25-17-14(18(22)23)4-3-5-15(17)20/h3-8,13H,9-10H2,1-2H3,(H,22,23)/t13-/m1/s1. The lowest BCUT2D eigenvalue weighted by Gasteiger charge is -2.37. The summed E-state index contributed by atoms with van der Waals surface area (Å²) in [6.45, 7) is 3.57. The lowest BCUT2D eigenvalue weighted by atomic mass is 10.1. The summed E-state index contributed by atoms with van der Waals surface area (Å²) in [5.41, 5.74) is 1.67. The zero-order valence-electron chi connectivity index (χ0n) is 13.9. The van der Waals surface area contributed by atoms with E-state index >= 15 is 0 Å². The van der Waals surface area contributed by atoms with Crippen LogP contribution in [0, 0.1) is 6.92 Å². The molecule has 0 saturated carbocycles. The molecule has 7 heteroatoms. The van der Waals surface area contributed by atoms with E-state index in [0.29, 0.717) is 11.5 Å². The Hall–Kier alpha value is -3.09. The first-order valence-corrected chi connectivity index (χ1v) is 7.81. The summed E-state index contributed by atoms with van der Waals surface area (Å²) in [5.74, 6) is -0.528. The Balaban J connectivity index is 2.07. The molecule has 0 amide bonds. The van der Waals surface area contributed by atoms with Gasteiger partial charge in [-0.3, -0.25) is 4.79 Å². The summed E-state index contributed by atoms with van der Waals surface area (Å²) >= 11 is 0. The van der Waals surface area contributed by atoms with Gasteiger partial charge in [-0.05, 0) is 30.7 Å². The highest BCUT2D eigenvalue weighted by Gasteiger charge is 2.33. The van der Waals surface area contributed by atoms with Gasteiger partial charge in [0.2, 0.25) is 0 Å². The second-order valence-corrected chi connectivity index (χ2v) is 5.79. The fourth-order valence-corrected chi connectivity index (χ4v) is 2.73. The first-order valence-electron chi connectivity index (χ1n) is 7.81. The monoisotopic (exact) mass is 342 g/mol. The molecule has 2 heterocycles. The average molecular weight is 342 g/mol. The van der Waals surface area contributed by atoms with E-state index in [4.69, 9.17) is 9.47 Å². The quantitative estimate of drug-likeness (QED) is 0.854. The van der Waals surface area contributed by atoms with Gasteiger partial charge in [-0.25, -0.2) is 9.78 Å². The molecule has 2 aromatic rings. The van der Waals surface area contributed by atoms with Crippen molar-refractivity contribution in [2.45, 2.75) is 19.9 Å². The predicted octanol–water partition coefficient (Wildman–Crippen LogP) is 2.55. The van der Waals surface area contributed by atoms with Gasteiger partial charge >= 0.3 is 11.9 Å². The largest absolute Gasteiger partial charge is 0.488 e. The molecule has 1 N–H and O–H groups in total. The molecular weight excluding hydrogens is 324 g/mol. The van der Waals surface area contributed by atoms with Crippen molar-refractivity contribution in [3.63, 3.8) is 0 Å². The van der Waals surface area contributed by atoms with Crippen molar-refractivity contribution < 1.29 is 24.2 Å². The summed E-state index contributed by atoms with van der Waals surface area (Å²) in [6.07, 6.45) is 1.73. The number of carbonyl (C=O) groups excluding carboxylic acids is 1. The Bertz CT molecular complexity index is 804. The topological polar surface area (TPSA) is 89.0 Å². The van der Waals surface area contributed by atoms with Crippen LogP contribution in [0.25, 0.3) is 0 Å². The molecule has 3 rings (SSSR count). The number of carboxylic acid groups (broad SMARTS) is 1. The molecule has 1 atom stereocenters. The number of aryl methyl sites for hydroxylation is 1. The van der Waals surface area contributed by atoms with Crippen molar-refractivity contribution in [3.8, 4) is 5.75 Å². The smallest absolute Gasteiger partial charge is 0.339 e. The molecule has 1 aliphatic rings. The van der Waals surface area contributed by atoms with Crippen molar-refractivity contribution in [3.05, 3.63) is 47.7 Å². The van der Waals surface area contributed by atoms with Gasteiger partial charge in [-0.1, -0.05) is 12.1 Å². The number of hydrogen-bond donors (Lipinski definition) is 1. The number of hydrogen-bond acceptors (Lipinski definition) is 6. The van der Waals surface area contributed by atoms with Crippen LogP contribution >= 0.6 is 0 Å². The number of carbonyl (C=O) groups is 2. The Kier molecular flexibility index (Phi) is 4.56. The predicted molar refractivity (Wildman–Crippen MR) is 90.4 cm³/mol. The van der Waals surface area contributed by atoms with E-state index in [1.54, 1.807) is 18.3 Å². The molecule has 0 unspecified atom stereocenters. The Morgan fingerprint density at radius 2 is 2.16 bits per heavy atom. The number of benzene rings is 1. The molecule has 0 saturated heterocycles. The van der Waals surface area contributed by atoms with Crippen molar-refractivity contribution >= 4 is 23.4 Å². The van der Waals surface area contributed by atoms with Crippen molar-refractivity contribution in [1.29, 1.82) is 0 Å². The molecule has 1 aromatic carbocycles. The van der Waals surface area contributed by atoms with Crippen molar-refractivity contribution in [1.82, 2.24) is 4.98 Å². The highest BCUT2D eigenvalue weighted by Crippen LogP contribution is 2.40. The van der Waals surface area contributed by atoms with Gasteiger partial charge < -0.3 is 19.5 Å². The van der Waals surface area contributed by atoms with Crippen LogP contribution in [0.1, 0.15) is 22.8 Å². The summed E-state index contributed by atoms with van der Waals surface area (Å²) in [7, 11) is 0. The van der Waals surface area contributed by atoms with Gasteiger partial charge in [0.1, 0.15) is 30.6 Å². The van der Waals surface area contributed by atoms with Crippen LogP contribution in [0.3, 0.4) is 0 Å². The van der Waals surface area contributed by atoms with Gasteiger partial charge in [-0.2, -0.15) is 0 Å². The molecular formula is C18H18N2O5. The highest BCUT2D eigenvalue weighted by atomic mass is 16.5. The van der Waals surface area contributed by atoms with Gasteiger partial charge in [0, 0.05) is 13.1 Å². The molecule has 0 bridgehead atoms. The lowest BCUT2D eigenvalue weighted by molar-refractivity contribution is -0.141. The number of aromatic nitrogens is 1. The van der Waals surface area contributed by atoms with Gasteiger partial charge in [0.05, 0.1) is 5.69 Å². The van der Waals surface area contributed by atoms with Crippen LogP contribution in [-0.4, -0.2) is 41.3 Å². The van der Waals surface area contributed by atoms with E-state index in [9.17, 15) is 14.7 Å². The number of para-hydroxylation sites is 1. The highest BCUT2D eigenvalue weighted by molar-refractivity contribution is 5.94. The Morgan fingerprint density at radius 1 is 1.36 bits per heavy atom. The summed E-state index contributed by atoms with van der Waals surface area (Å²) < 4.78 is 10.8. The average Bonchev–Trinajstić information content (AvgIpc) is 2.59. The van der Waals surface area contributed by atoms with Crippen LogP contribution in [0.5, 0.6) is 5.75 Å². The first kappa shape index (κ1) is 16.8. The number of rotatable bonds is 4. The number of ether oxygens (including phenoxy) is 2. The van der Waals surface area contributed by atoms with Crippen LogP contribution < -0.4 is 9.64 Å². The molecule has 130 valence electrons. The van der Waals surface area contributed by atoms with Crippen LogP contribution in [0.2, 0.25) is 0 Å². The molecule has 25 heavy (non-hydrogen) atoms. The number of esters is 1. The number of fused-ring (bicyclic) bond motifs is 1. The third-order valence-corrected chi connectivity index (χ3v) is 3.89. The van der Waals surface area contributed by atoms with Gasteiger partial charge in [-0.15, -0.1) is 0 Å². The van der Waals surface area contributed by atoms with Crippen molar-refractivity contribution in [2.24, 2.45) is 0 Å². The minimum Gasteiger partial charge on any atom is -0.488 e. The third-order valence-electron chi connectivity index (χ3n) is 3.89. The molecule has 0 spiro atoms. The number of aromatic carboxylic acids is 1. The Morgan fingerprint density at radius 3 is 2.80 bits per heavy atom. The zero-order chi connectivity index (χ0) is 18.0. The van der Waals surface area contributed by atoms with E-state index in [-0.39, 0.29) is 36.5 Å². The van der Waals surface area contributed by atoms with Crippen LogP contribution in [0.4, 0.5) is 11.5 Å². The van der Waals surface area contributed by atoms with Crippen molar-refractivity contribution in [2.75, 3.05) is 18.1 Å². The number of pyridine rings is 1. The van der Waals surface area contributed by atoms with Gasteiger partial charge in [0.25, 0.3) is 0 Å². The van der Waals surface area contributed by atoms with E-state index < -0.39 is 5.97 Å². The molecule has 0 fully saturated rings. The molecule has 0 radical (unpaired) electrons. The third kappa shape index (κ3) is 3.40. The van der Waals surface area contributed by atoms with E-state index in [0.717, 1.165) is 5.56 Å². The second-order valence-electron chi connectivity index (χ2n) is 5.79. The SMILES string of the molecule is CC(=O)OC[C@@H]1COc2c(C(=O)O)cccc2N1c1ccc(C)cn1. The number of nitrogens with zero attached hydrogens (tertiary/aromatic N) is 2. The molecule has 7 nitrogen and oxygen atoms in total. The first-order chi connectivity index (χ1) is 12.0. The maximum atomic E-state index is 11.5. The zero-order valence-corrected chi connectivity index (χ0v) is 13.9. The van der Waals surface area contributed by atoms with E-state index in [1.807, 2.05) is 24.0 Å². The number of anilines is 2. The lowest BCUT2D eigenvalue weighted by Crippen LogP contribution is -2.44. The minimum absolute atomic E-state index is 0.0838. The summed E-state index contributed by atoms with van der Waals surface area (Å²) in [4.78, 5) is 29.0. The molecule has 0 aliphatic carbocycles. The normalized spacial score (nSPS) is 15.9. The fourth-order valence-electron chi connectivity index (χ4n) is 2.73. The van der Waals surface area contributed by atoms with Crippen LogP contribution in [-0.2, 0) is 9.53 Å². The van der Waals surface area contributed by atoms with Gasteiger partial charge in [0.15, 0.2) is 5.75 Å². The molecule has 1 aliphatic heterocycles. The fraction of sp³-hybridized carbons (Fsp3) is 0.278. The maximum absolute atomic E-state index is 11.5. The maximum Gasteiger partial charge on any atom is 0.339 e. The minimum atomic E-state index is -1.06. The van der Waals surface area contributed by atoms with E-state index in [1.165, 1.54) is 13.0 Å². The summed E-state index contributed by atoms with van der Waals surface area (Å²) in [6, 6.07) is 8.37.